The molecule has 19 heavy (non-hydrogen) atoms. The van der Waals surface area contributed by atoms with Crippen LogP contribution in [0.3, 0.4) is 0 Å². The summed E-state index contributed by atoms with van der Waals surface area (Å²) in [6, 6.07) is 6.69. The number of nitrogens with one attached hydrogen (secondary N) is 1. The molecule has 2 rings (SSSR count). The Morgan fingerprint density at radius 2 is 2.21 bits per heavy atom. The molecule has 5 nitrogen and oxygen atoms in total. The van der Waals surface area contributed by atoms with E-state index in [9.17, 15) is 9.90 Å². The SMILES string of the molecule is COc1ccc(Br)cc1NC(=O)c1ccncc1O. The van der Waals surface area contributed by atoms with Gasteiger partial charge in [-0.25, -0.2) is 0 Å². The number of benzene rings is 1. The Kier molecular flexibility index (Phi) is 4.01. The first-order valence-corrected chi connectivity index (χ1v) is 6.19. The predicted molar refractivity (Wildman–Crippen MR) is 74.5 cm³/mol. The molecule has 2 N–H and O–H groups in total. The van der Waals surface area contributed by atoms with Gasteiger partial charge in [0.05, 0.1) is 24.6 Å². The van der Waals surface area contributed by atoms with Gasteiger partial charge in [-0.05, 0) is 24.3 Å². The molecule has 0 saturated carbocycles. The second-order valence-electron chi connectivity index (χ2n) is 3.69. The molecular weight excluding hydrogens is 312 g/mol. The minimum absolute atomic E-state index is 0.150. The van der Waals surface area contributed by atoms with E-state index in [1.54, 1.807) is 18.2 Å². The second-order valence-corrected chi connectivity index (χ2v) is 4.61. The van der Waals surface area contributed by atoms with E-state index in [1.807, 2.05) is 0 Å². The van der Waals surface area contributed by atoms with Crippen LogP contribution in [0.1, 0.15) is 10.4 Å². The van der Waals surface area contributed by atoms with Crippen molar-refractivity contribution in [1.82, 2.24) is 4.98 Å². The summed E-state index contributed by atoms with van der Waals surface area (Å²) in [5.74, 6) is -0.0737. The molecule has 1 heterocycles. The lowest BCUT2D eigenvalue weighted by atomic mass is 10.2. The number of methoxy groups -OCH3 is 1. The van der Waals surface area contributed by atoms with Crippen molar-refractivity contribution in [2.45, 2.75) is 0 Å². The number of hydrogen-bond acceptors (Lipinski definition) is 4. The molecule has 0 aliphatic rings. The molecule has 98 valence electrons. The van der Waals surface area contributed by atoms with Gasteiger partial charge in [0.25, 0.3) is 5.91 Å². The molecule has 0 saturated heterocycles. The maximum absolute atomic E-state index is 12.0. The number of pyridine rings is 1. The smallest absolute Gasteiger partial charge is 0.259 e. The number of anilines is 1. The highest BCUT2D eigenvalue weighted by atomic mass is 79.9. The summed E-state index contributed by atoms with van der Waals surface area (Å²) >= 11 is 3.32. The van der Waals surface area contributed by atoms with E-state index in [0.29, 0.717) is 11.4 Å². The second kappa shape index (κ2) is 5.71. The molecule has 0 fully saturated rings. The first-order chi connectivity index (χ1) is 9.11. The monoisotopic (exact) mass is 322 g/mol. The molecule has 1 aromatic heterocycles. The van der Waals surface area contributed by atoms with Gasteiger partial charge < -0.3 is 15.2 Å². The van der Waals surface area contributed by atoms with Crippen molar-refractivity contribution in [1.29, 1.82) is 0 Å². The Balaban J connectivity index is 2.29. The van der Waals surface area contributed by atoms with Crippen molar-refractivity contribution in [3.8, 4) is 11.5 Å². The summed E-state index contributed by atoms with van der Waals surface area (Å²) < 4.78 is 5.96. The van der Waals surface area contributed by atoms with Crippen LogP contribution in [0.4, 0.5) is 5.69 Å². The van der Waals surface area contributed by atoms with Gasteiger partial charge in [-0.15, -0.1) is 0 Å². The Morgan fingerprint density at radius 3 is 2.89 bits per heavy atom. The van der Waals surface area contributed by atoms with E-state index in [0.717, 1.165) is 4.47 Å². The van der Waals surface area contributed by atoms with Crippen molar-refractivity contribution < 1.29 is 14.6 Å². The van der Waals surface area contributed by atoms with Gasteiger partial charge in [0.15, 0.2) is 0 Å². The highest BCUT2D eigenvalue weighted by molar-refractivity contribution is 9.10. The first kappa shape index (κ1) is 13.4. The van der Waals surface area contributed by atoms with Gasteiger partial charge in [-0.3, -0.25) is 9.78 Å². The van der Waals surface area contributed by atoms with Gasteiger partial charge in [0, 0.05) is 10.7 Å². The van der Waals surface area contributed by atoms with Crippen molar-refractivity contribution in [2.24, 2.45) is 0 Å². The lowest BCUT2D eigenvalue weighted by molar-refractivity contribution is 0.102. The molecule has 0 bridgehead atoms. The van der Waals surface area contributed by atoms with Crippen LogP contribution in [0.2, 0.25) is 0 Å². The van der Waals surface area contributed by atoms with Crippen molar-refractivity contribution in [2.75, 3.05) is 12.4 Å². The fourth-order valence-corrected chi connectivity index (χ4v) is 1.91. The first-order valence-electron chi connectivity index (χ1n) is 5.39. The third-order valence-electron chi connectivity index (χ3n) is 2.45. The Bertz CT molecular complexity index is 617. The van der Waals surface area contributed by atoms with Crippen LogP contribution in [0.5, 0.6) is 11.5 Å². The zero-order chi connectivity index (χ0) is 13.8. The minimum atomic E-state index is -0.434. The van der Waals surface area contributed by atoms with Crippen molar-refractivity contribution in [3.05, 3.63) is 46.7 Å². The minimum Gasteiger partial charge on any atom is -0.505 e. The van der Waals surface area contributed by atoms with Crippen LogP contribution in [-0.4, -0.2) is 23.1 Å². The van der Waals surface area contributed by atoms with Gasteiger partial charge in [-0.2, -0.15) is 0 Å². The number of rotatable bonds is 3. The molecule has 6 heteroatoms. The van der Waals surface area contributed by atoms with Gasteiger partial charge in [0.1, 0.15) is 11.5 Å². The van der Waals surface area contributed by atoms with Crippen LogP contribution in [-0.2, 0) is 0 Å². The molecule has 0 unspecified atom stereocenters. The van der Waals surface area contributed by atoms with Gasteiger partial charge >= 0.3 is 0 Å². The standard InChI is InChI=1S/C13H11BrN2O3/c1-19-12-3-2-8(14)6-10(12)16-13(18)9-4-5-15-7-11(9)17/h2-7,17H,1H3,(H,16,18). The Hall–Kier alpha value is -2.08. The Labute approximate surface area is 118 Å². The molecule has 0 aliphatic carbocycles. The lowest BCUT2D eigenvalue weighted by Crippen LogP contribution is -2.13. The largest absolute Gasteiger partial charge is 0.505 e. The number of hydrogen-bond donors (Lipinski definition) is 2. The van der Waals surface area contributed by atoms with Gasteiger partial charge in [0.2, 0.25) is 0 Å². The van der Waals surface area contributed by atoms with E-state index >= 15 is 0 Å². The number of nitrogens with zero attached hydrogens (tertiary/aromatic N) is 1. The number of amides is 1. The number of ether oxygens (including phenoxy) is 1. The fraction of sp³-hybridized carbons (Fsp3) is 0.0769. The zero-order valence-corrected chi connectivity index (χ0v) is 11.6. The highest BCUT2D eigenvalue weighted by Gasteiger charge is 2.13. The molecule has 1 aromatic carbocycles. The fourth-order valence-electron chi connectivity index (χ4n) is 1.55. The lowest BCUT2D eigenvalue weighted by Gasteiger charge is -2.11. The van der Waals surface area contributed by atoms with Gasteiger partial charge in [-0.1, -0.05) is 15.9 Å². The third kappa shape index (κ3) is 3.03. The summed E-state index contributed by atoms with van der Waals surface area (Å²) in [6.45, 7) is 0. The van der Waals surface area contributed by atoms with E-state index in [4.69, 9.17) is 4.74 Å². The quantitative estimate of drug-likeness (QED) is 0.911. The van der Waals surface area contributed by atoms with E-state index in [2.05, 4.69) is 26.2 Å². The van der Waals surface area contributed by atoms with E-state index in [-0.39, 0.29) is 11.3 Å². The topological polar surface area (TPSA) is 71.5 Å². The van der Waals surface area contributed by atoms with Crippen LogP contribution in [0, 0.1) is 0 Å². The average molecular weight is 323 g/mol. The van der Waals surface area contributed by atoms with Crippen LogP contribution in [0.15, 0.2) is 41.1 Å². The van der Waals surface area contributed by atoms with Crippen molar-refractivity contribution >= 4 is 27.5 Å². The molecular formula is C13H11BrN2O3. The number of aromatic hydroxyl groups is 1. The molecule has 0 atom stereocenters. The normalized spacial score (nSPS) is 10.0. The van der Waals surface area contributed by atoms with Crippen LogP contribution in [0.25, 0.3) is 0 Å². The van der Waals surface area contributed by atoms with E-state index in [1.165, 1.54) is 25.6 Å². The summed E-state index contributed by atoms with van der Waals surface area (Å²) in [5.41, 5.74) is 0.662. The number of aromatic nitrogens is 1. The maximum Gasteiger partial charge on any atom is 0.259 e. The summed E-state index contributed by atoms with van der Waals surface area (Å²) in [4.78, 5) is 15.8. The number of halogens is 1. The zero-order valence-electron chi connectivity index (χ0n) is 10.1. The van der Waals surface area contributed by atoms with Crippen LogP contribution < -0.4 is 10.1 Å². The summed E-state index contributed by atoms with van der Waals surface area (Å²) in [7, 11) is 1.52. The maximum atomic E-state index is 12.0. The van der Waals surface area contributed by atoms with Crippen molar-refractivity contribution in [3.63, 3.8) is 0 Å². The molecule has 0 radical (unpaired) electrons. The molecule has 0 spiro atoms. The van der Waals surface area contributed by atoms with Crippen LogP contribution >= 0.6 is 15.9 Å². The third-order valence-corrected chi connectivity index (χ3v) is 2.95. The highest BCUT2D eigenvalue weighted by Crippen LogP contribution is 2.28. The summed E-state index contributed by atoms with van der Waals surface area (Å²) in [6.07, 6.45) is 2.65. The Morgan fingerprint density at radius 1 is 1.42 bits per heavy atom. The molecule has 2 aromatic rings. The van der Waals surface area contributed by atoms with E-state index < -0.39 is 5.91 Å². The average Bonchev–Trinajstić information content (AvgIpc) is 2.39. The number of carbonyl (C=O) groups excluding carboxylic acids is 1. The predicted octanol–water partition coefficient (Wildman–Crippen LogP) is 2.81. The summed E-state index contributed by atoms with van der Waals surface area (Å²) in [5, 5.41) is 12.3. The molecule has 0 aliphatic heterocycles. The number of carbonyl (C=O) groups is 1. The molecule has 1 amide bonds.